The second kappa shape index (κ2) is 8.44. The first-order chi connectivity index (χ1) is 11.5. The van der Waals surface area contributed by atoms with E-state index < -0.39 is 5.91 Å². The van der Waals surface area contributed by atoms with Crippen molar-refractivity contribution in [1.82, 2.24) is 10.6 Å². The number of nitrogens with two attached hydrogens (primary N) is 2. The number of carbonyl (C=O) groups is 3. The summed E-state index contributed by atoms with van der Waals surface area (Å²) in [7, 11) is 0. The van der Waals surface area contributed by atoms with E-state index in [-0.39, 0.29) is 30.3 Å². The van der Waals surface area contributed by atoms with E-state index in [0.29, 0.717) is 18.5 Å². The molecular formula is C17H24N4O3. The molecule has 0 radical (unpaired) electrons. The highest BCUT2D eigenvalue weighted by Crippen LogP contribution is 2.26. The van der Waals surface area contributed by atoms with Gasteiger partial charge in [0, 0.05) is 24.6 Å². The highest BCUT2D eigenvalue weighted by atomic mass is 16.2. The van der Waals surface area contributed by atoms with E-state index in [0.717, 1.165) is 24.8 Å². The second-order valence-corrected chi connectivity index (χ2v) is 6.18. The van der Waals surface area contributed by atoms with Crippen molar-refractivity contribution in [2.24, 2.45) is 17.4 Å². The number of hydrogen-bond acceptors (Lipinski definition) is 4. The van der Waals surface area contributed by atoms with Crippen LogP contribution in [-0.4, -0.2) is 30.3 Å². The molecule has 1 saturated carbocycles. The molecular weight excluding hydrogens is 308 g/mol. The monoisotopic (exact) mass is 332 g/mol. The van der Waals surface area contributed by atoms with Crippen LogP contribution in [0.15, 0.2) is 24.3 Å². The number of benzene rings is 1. The van der Waals surface area contributed by atoms with Crippen molar-refractivity contribution in [2.75, 3.05) is 6.54 Å². The minimum Gasteiger partial charge on any atom is -0.368 e. The second-order valence-electron chi connectivity index (χ2n) is 6.18. The first-order valence-electron chi connectivity index (χ1n) is 8.13. The number of hydrogen-bond donors (Lipinski definition) is 4. The van der Waals surface area contributed by atoms with Crippen molar-refractivity contribution in [1.29, 1.82) is 0 Å². The average Bonchev–Trinajstić information content (AvgIpc) is 2.96. The molecule has 0 aromatic heterocycles. The molecule has 3 amide bonds. The maximum Gasteiger partial charge on any atom is 0.251 e. The van der Waals surface area contributed by atoms with E-state index in [4.69, 9.17) is 11.5 Å². The van der Waals surface area contributed by atoms with Crippen LogP contribution in [0.5, 0.6) is 0 Å². The summed E-state index contributed by atoms with van der Waals surface area (Å²) in [6.07, 6.45) is 3.58. The Morgan fingerprint density at radius 1 is 1.08 bits per heavy atom. The van der Waals surface area contributed by atoms with E-state index in [1.165, 1.54) is 0 Å². The van der Waals surface area contributed by atoms with Gasteiger partial charge in [-0.25, -0.2) is 0 Å². The molecule has 1 aromatic rings. The fraction of sp³-hybridized carbons (Fsp3) is 0.471. The molecule has 1 aromatic carbocycles. The van der Waals surface area contributed by atoms with Crippen LogP contribution in [0.2, 0.25) is 0 Å². The largest absolute Gasteiger partial charge is 0.368 e. The Bertz CT molecular complexity index is 600. The normalized spacial score (nSPS) is 19.7. The molecule has 7 nitrogen and oxygen atoms in total. The summed E-state index contributed by atoms with van der Waals surface area (Å²) < 4.78 is 0. The third-order valence-electron chi connectivity index (χ3n) is 4.29. The molecule has 0 aliphatic heterocycles. The highest BCUT2D eigenvalue weighted by Gasteiger charge is 2.25. The smallest absolute Gasteiger partial charge is 0.251 e. The van der Waals surface area contributed by atoms with Gasteiger partial charge in [0.05, 0.1) is 6.54 Å². The van der Waals surface area contributed by atoms with E-state index in [1.54, 1.807) is 24.3 Å². The summed E-state index contributed by atoms with van der Waals surface area (Å²) >= 11 is 0. The van der Waals surface area contributed by atoms with E-state index in [2.05, 4.69) is 10.6 Å². The van der Waals surface area contributed by atoms with Crippen LogP contribution < -0.4 is 22.1 Å². The molecule has 1 fully saturated rings. The minimum atomic E-state index is -0.593. The summed E-state index contributed by atoms with van der Waals surface area (Å²) in [4.78, 5) is 34.4. The number of amides is 3. The summed E-state index contributed by atoms with van der Waals surface area (Å²) in [6.45, 7) is 0.212. The van der Waals surface area contributed by atoms with Crippen LogP contribution in [0.3, 0.4) is 0 Å². The molecule has 6 N–H and O–H groups in total. The Balaban J connectivity index is 1.78. The standard InChI is InChI=1S/C17H24N4O3/c18-14-3-1-2-13(14)8-16(23)20-9-11-4-6-12(7-5-11)17(24)21-10-15(19)22/h4-7,13-14H,1-3,8-10,18H2,(H2,19,22)(H,20,23)(H,21,24)/t13-,14+/m0/s1. The van der Waals surface area contributed by atoms with E-state index in [9.17, 15) is 14.4 Å². The first-order valence-corrected chi connectivity index (χ1v) is 8.13. The van der Waals surface area contributed by atoms with Crippen molar-refractivity contribution in [3.8, 4) is 0 Å². The Kier molecular flexibility index (Phi) is 6.31. The molecule has 0 saturated heterocycles. The third kappa shape index (κ3) is 5.34. The quantitative estimate of drug-likeness (QED) is 0.562. The van der Waals surface area contributed by atoms with Gasteiger partial charge in [0.15, 0.2) is 0 Å². The Morgan fingerprint density at radius 3 is 2.38 bits per heavy atom. The molecule has 0 unspecified atom stereocenters. The molecule has 24 heavy (non-hydrogen) atoms. The molecule has 1 aliphatic carbocycles. The van der Waals surface area contributed by atoms with Gasteiger partial charge in [-0.15, -0.1) is 0 Å². The third-order valence-corrected chi connectivity index (χ3v) is 4.29. The summed E-state index contributed by atoms with van der Waals surface area (Å²) in [5.41, 5.74) is 12.3. The molecule has 130 valence electrons. The maximum absolute atomic E-state index is 12.0. The molecule has 0 bridgehead atoms. The topological polar surface area (TPSA) is 127 Å². The number of nitrogens with one attached hydrogen (secondary N) is 2. The van der Waals surface area contributed by atoms with Gasteiger partial charge in [-0.05, 0) is 36.5 Å². The summed E-state index contributed by atoms with van der Waals surface area (Å²) in [5.74, 6) is -0.675. The van der Waals surface area contributed by atoms with Crippen molar-refractivity contribution < 1.29 is 14.4 Å². The minimum absolute atomic E-state index is 0.000581. The van der Waals surface area contributed by atoms with Crippen LogP contribution >= 0.6 is 0 Å². The van der Waals surface area contributed by atoms with Gasteiger partial charge >= 0.3 is 0 Å². The zero-order valence-corrected chi connectivity index (χ0v) is 13.6. The van der Waals surface area contributed by atoms with Crippen LogP contribution in [-0.2, 0) is 16.1 Å². The van der Waals surface area contributed by atoms with E-state index >= 15 is 0 Å². The lowest BCUT2D eigenvalue weighted by Gasteiger charge is -2.14. The van der Waals surface area contributed by atoms with Crippen molar-refractivity contribution in [3.63, 3.8) is 0 Å². The zero-order chi connectivity index (χ0) is 17.5. The van der Waals surface area contributed by atoms with Gasteiger partial charge in [-0.3, -0.25) is 14.4 Å². The lowest BCUT2D eigenvalue weighted by Crippen LogP contribution is -2.33. The van der Waals surface area contributed by atoms with Crippen molar-refractivity contribution >= 4 is 17.7 Å². The molecule has 7 heteroatoms. The SMILES string of the molecule is NC(=O)CNC(=O)c1ccc(CNC(=O)C[C@@H]2CCC[C@H]2N)cc1. The Hall–Kier alpha value is -2.41. The zero-order valence-electron chi connectivity index (χ0n) is 13.6. The van der Waals surface area contributed by atoms with Crippen molar-refractivity contribution in [2.45, 2.75) is 38.3 Å². The van der Waals surface area contributed by atoms with Gasteiger partial charge in [0.2, 0.25) is 11.8 Å². The van der Waals surface area contributed by atoms with Gasteiger partial charge in [0.1, 0.15) is 0 Å². The van der Waals surface area contributed by atoms with Crippen LogP contribution in [0.4, 0.5) is 0 Å². The van der Waals surface area contributed by atoms with E-state index in [1.807, 2.05) is 0 Å². The van der Waals surface area contributed by atoms with Gasteiger partial charge in [-0.2, -0.15) is 0 Å². The first kappa shape index (κ1) is 17.9. The van der Waals surface area contributed by atoms with Crippen LogP contribution in [0.1, 0.15) is 41.6 Å². The molecule has 0 heterocycles. The predicted octanol–water partition coefficient (Wildman–Crippen LogP) is 0.0354. The maximum atomic E-state index is 12.0. The van der Waals surface area contributed by atoms with Crippen LogP contribution in [0.25, 0.3) is 0 Å². The van der Waals surface area contributed by atoms with Gasteiger partial charge in [-0.1, -0.05) is 18.6 Å². The molecule has 1 aliphatic rings. The summed E-state index contributed by atoms with van der Waals surface area (Å²) in [5, 5.41) is 5.30. The highest BCUT2D eigenvalue weighted by molar-refractivity contribution is 5.96. The fourth-order valence-corrected chi connectivity index (χ4v) is 2.87. The fourth-order valence-electron chi connectivity index (χ4n) is 2.87. The van der Waals surface area contributed by atoms with Gasteiger partial charge in [0.25, 0.3) is 5.91 Å². The molecule has 0 spiro atoms. The predicted molar refractivity (Wildman–Crippen MR) is 89.7 cm³/mol. The molecule has 2 atom stereocenters. The summed E-state index contributed by atoms with van der Waals surface area (Å²) in [6, 6.07) is 6.95. The van der Waals surface area contributed by atoms with Crippen LogP contribution in [0, 0.1) is 5.92 Å². The Morgan fingerprint density at radius 2 is 1.79 bits per heavy atom. The lowest BCUT2D eigenvalue weighted by molar-refractivity contribution is -0.122. The Labute approximate surface area is 141 Å². The molecule has 2 rings (SSSR count). The number of primary amides is 1. The lowest BCUT2D eigenvalue weighted by atomic mass is 10.00. The van der Waals surface area contributed by atoms with Crippen molar-refractivity contribution in [3.05, 3.63) is 35.4 Å². The number of carbonyl (C=O) groups excluding carboxylic acids is 3. The van der Waals surface area contributed by atoms with Gasteiger partial charge < -0.3 is 22.1 Å². The number of rotatable bonds is 7. The average molecular weight is 332 g/mol.